The molecule has 1 aliphatic heterocycles. The summed E-state index contributed by atoms with van der Waals surface area (Å²) in [6, 6.07) is 5.65. The van der Waals surface area contributed by atoms with Gasteiger partial charge in [-0.1, -0.05) is 6.07 Å². The zero-order chi connectivity index (χ0) is 9.97. The van der Waals surface area contributed by atoms with Crippen LogP contribution in [0, 0.1) is 0 Å². The Hall–Kier alpha value is -1.55. The molecule has 14 heavy (non-hydrogen) atoms. The first-order valence-corrected chi connectivity index (χ1v) is 4.43. The highest BCUT2D eigenvalue weighted by atomic mass is 16.5. The summed E-state index contributed by atoms with van der Waals surface area (Å²) in [5, 5.41) is 11.6. The number of fused-ring (bicyclic) bond motifs is 1. The SMILES string of the molecule is O=C(O)COc1ccc2c(c1)CNC2. The quantitative estimate of drug-likeness (QED) is 0.743. The summed E-state index contributed by atoms with van der Waals surface area (Å²) >= 11 is 0. The van der Waals surface area contributed by atoms with Crippen molar-refractivity contribution in [2.75, 3.05) is 6.61 Å². The molecule has 2 N–H and O–H groups in total. The number of aliphatic carboxylic acids is 1. The van der Waals surface area contributed by atoms with Gasteiger partial charge in [0.1, 0.15) is 5.75 Å². The second kappa shape index (κ2) is 3.67. The first-order chi connectivity index (χ1) is 6.75. The average Bonchev–Trinajstić information content (AvgIpc) is 2.61. The molecular weight excluding hydrogens is 182 g/mol. The molecule has 2 rings (SSSR count). The van der Waals surface area contributed by atoms with E-state index in [1.807, 2.05) is 12.1 Å². The van der Waals surface area contributed by atoms with Crippen LogP contribution >= 0.6 is 0 Å². The van der Waals surface area contributed by atoms with Crippen LogP contribution in [0.3, 0.4) is 0 Å². The van der Waals surface area contributed by atoms with Crippen molar-refractivity contribution in [3.63, 3.8) is 0 Å². The number of ether oxygens (including phenoxy) is 1. The van der Waals surface area contributed by atoms with E-state index in [0.717, 1.165) is 13.1 Å². The van der Waals surface area contributed by atoms with E-state index in [0.29, 0.717) is 5.75 Å². The lowest BCUT2D eigenvalue weighted by molar-refractivity contribution is -0.139. The smallest absolute Gasteiger partial charge is 0.341 e. The van der Waals surface area contributed by atoms with Crippen molar-refractivity contribution < 1.29 is 14.6 Å². The van der Waals surface area contributed by atoms with Gasteiger partial charge < -0.3 is 15.2 Å². The van der Waals surface area contributed by atoms with Crippen molar-refractivity contribution in [1.82, 2.24) is 5.32 Å². The van der Waals surface area contributed by atoms with E-state index < -0.39 is 5.97 Å². The van der Waals surface area contributed by atoms with Gasteiger partial charge in [-0.2, -0.15) is 0 Å². The van der Waals surface area contributed by atoms with E-state index in [1.54, 1.807) is 6.07 Å². The van der Waals surface area contributed by atoms with Crippen LogP contribution in [0.4, 0.5) is 0 Å². The second-order valence-corrected chi connectivity index (χ2v) is 3.22. The maximum Gasteiger partial charge on any atom is 0.341 e. The number of hydrogen-bond donors (Lipinski definition) is 2. The van der Waals surface area contributed by atoms with Crippen LogP contribution in [0.15, 0.2) is 18.2 Å². The van der Waals surface area contributed by atoms with Gasteiger partial charge in [-0.05, 0) is 23.3 Å². The van der Waals surface area contributed by atoms with E-state index in [9.17, 15) is 4.79 Å². The summed E-state index contributed by atoms with van der Waals surface area (Å²) < 4.78 is 5.07. The number of carbonyl (C=O) groups is 1. The predicted octanol–water partition coefficient (Wildman–Crippen LogP) is 0.753. The topological polar surface area (TPSA) is 58.6 Å². The zero-order valence-corrected chi connectivity index (χ0v) is 7.62. The predicted molar refractivity (Wildman–Crippen MR) is 50.1 cm³/mol. The van der Waals surface area contributed by atoms with Crippen molar-refractivity contribution in [2.24, 2.45) is 0 Å². The van der Waals surface area contributed by atoms with E-state index in [1.165, 1.54) is 11.1 Å². The van der Waals surface area contributed by atoms with E-state index in [-0.39, 0.29) is 6.61 Å². The van der Waals surface area contributed by atoms with Crippen LogP contribution in [0.25, 0.3) is 0 Å². The molecule has 0 amide bonds. The molecule has 1 aliphatic rings. The minimum atomic E-state index is -0.955. The van der Waals surface area contributed by atoms with Crippen LogP contribution in [0.1, 0.15) is 11.1 Å². The molecule has 0 radical (unpaired) electrons. The summed E-state index contributed by atoms with van der Waals surface area (Å²) in [6.45, 7) is 1.43. The third-order valence-electron chi connectivity index (χ3n) is 2.17. The van der Waals surface area contributed by atoms with Crippen LogP contribution in [-0.4, -0.2) is 17.7 Å². The second-order valence-electron chi connectivity index (χ2n) is 3.22. The molecule has 0 unspecified atom stereocenters. The number of carboxylic acids is 1. The number of rotatable bonds is 3. The summed E-state index contributed by atoms with van der Waals surface area (Å²) in [4.78, 5) is 10.3. The minimum absolute atomic E-state index is 0.286. The highest BCUT2D eigenvalue weighted by Crippen LogP contribution is 2.21. The van der Waals surface area contributed by atoms with E-state index in [2.05, 4.69) is 5.32 Å². The Labute approximate surface area is 81.5 Å². The minimum Gasteiger partial charge on any atom is -0.482 e. The monoisotopic (exact) mass is 193 g/mol. The average molecular weight is 193 g/mol. The van der Waals surface area contributed by atoms with Crippen molar-refractivity contribution in [3.05, 3.63) is 29.3 Å². The van der Waals surface area contributed by atoms with Gasteiger partial charge in [-0.3, -0.25) is 0 Å². The molecule has 4 nitrogen and oxygen atoms in total. The fourth-order valence-electron chi connectivity index (χ4n) is 1.51. The van der Waals surface area contributed by atoms with E-state index >= 15 is 0 Å². The molecule has 74 valence electrons. The molecule has 0 aromatic heterocycles. The van der Waals surface area contributed by atoms with Gasteiger partial charge >= 0.3 is 5.97 Å². The first kappa shape index (κ1) is 9.02. The molecule has 4 heteroatoms. The molecule has 0 saturated carbocycles. The number of benzene rings is 1. The largest absolute Gasteiger partial charge is 0.482 e. The van der Waals surface area contributed by atoms with Crippen molar-refractivity contribution >= 4 is 5.97 Å². The third kappa shape index (κ3) is 1.85. The van der Waals surface area contributed by atoms with Crippen LogP contribution < -0.4 is 10.1 Å². The van der Waals surface area contributed by atoms with Gasteiger partial charge in [0.05, 0.1) is 0 Å². The lowest BCUT2D eigenvalue weighted by atomic mass is 10.1. The Morgan fingerprint density at radius 1 is 1.43 bits per heavy atom. The highest BCUT2D eigenvalue weighted by Gasteiger charge is 2.10. The Morgan fingerprint density at radius 2 is 2.21 bits per heavy atom. The van der Waals surface area contributed by atoms with E-state index in [4.69, 9.17) is 9.84 Å². The maximum absolute atomic E-state index is 10.3. The first-order valence-electron chi connectivity index (χ1n) is 4.43. The molecule has 1 aromatic rings. The lowest BCUT2D eigenvalue weighted by Gasteiger charge is -2.04. The Bertz CT molecular complexity index is 362. The Morgan fingerprint density at radius 3 is 3.00 bits per heavy atom. The van der Waals surface area contributed by atoms with Crippen LogP contribution in [0.5, 0.6) is 5.75 Å². The van der Waals surface area contributed by atoms with Crippen molar-refractivity contribution in [1.29, 1.82) is 0 Å². The van der Waals surface area contributed by atoms with Gasteiger partial charge in [-0.15, -0.1) is 0 Å². The molecular formula is C10H11NO3. The summed E-state index contributed by atoms with van der Waals surface area (Å²) in [5.41, 5.74) is 2.44. The summed E-state index contributed by atoms with van der Waals surface area (Å²) in [7, 11) is 0. The molecule has 0 saturated heterocycles. The van der Waals surface area contributed by atoms with Gasteiger partial charge in [0.25, 0.3) is 0 Å². The fourth-order valence-corrected chi connectivity index (χ4v) is 1.51. The molecule has 0 fully saturated rings. The zero-order valence-electron chi connectivity index (χ0n) is 7.62. The van der Waals surface area contributed by atoms with Gasteiger partial charge in [-0.25, -0.2) is 4.79 Å². The number of hydrogen-bond acceptors (Lipinski definition) is 3. The number of carboxylic acid groups (broad SMARTS) is 1. The highest BCUT2D eigenvalue weighted by molar-refractivity contribution is 5.68. The maximum atomic E-state index is 10.3. The van der Waals surface area contributed by atoms with Crippen molar-refractivity contribution in [2.45, 2.75) is 13.1 Å². The number of nitrogens with one attached hydrogen (secondary N) is 1. The van der Waals surface area contributed by atoms with Gasteiger partial charge in [0, 0.05) is 13.1 Å². The molecule has 0 bridgehead atoms. The molecule has 0 spiro atoms. The normalized spacial score (nSPS) is 13.7. The molecule has 1 aromatic carbocycles. The Balaban J connectivity index is 2.09. The van der Waals surface area contributed by atoms with Crippen molar-refractivity contribution in [3.8, 4) is 5.75 Å². The Kier molecular flexibility index (Phi) is 2.37. The van der Waals surface area contributed by atoms with Crippen LogP contribution in [0.2, 0.25) is 0 Å². The molecule has 1 heterocycles. The van der Waals surface area contributed by atoms with Gasteiger partial charge in [0.2, 0.25) is 0 Å². The summed E-state index contributed by atoms with van der Waals surface area (Å²) in [6.07, 6.45) is 0. The molecule has 0 atom stereocenters. The molecule has 0 aliphatic carbocycles. The summed E-state index contributed by atoms with van der Waals surface area (Å²) in [5.74, 6) is -0.335. The van der Waals surface area contributed by atoms with Gasteiger partial charge in [0.15, 0.2) is 6.61 Å². The lowest BCUT2D eigenvalue weighted by Crippen LogP contribution is -2.09. The fraction of sp³-hybridized carbons (Fsp3) is 0.300. The third-order valence-corrected chi connectivity index (χ3v) is 2.17. The van der Waals surface area contributed by atoms with Crippen LogP contribution in [-0.2, 0) is 17.9 Å². The standard InChI is InChI=1S/C10H11NO3/c12-10(13)6-14-9-2-1-7-4-11-5-8(7)3-9/h1-3,11H,4-6H2,(H,12,13).